The van der Waals surface area contributed by atoms with Crippen LogP contribution in [0.2, 0.25) is 0 Å². The number of benzene rings is 1. The molecule has 24 heavy (non-hydrogen) atoms. The van der Waals surface area contributed by atoms with Crippen molar-refractivity contribution < 1.29 is 9.59 Å². The number of amides is 2. The van der Waals surface area contributed by atoms with Crippen molar-refractivity contribution in [1.82, 2.24) is 15.1 Å². The van der Waals surface area contributed by atoms with Gasteiger partial charge < -0.3 is 10.2 Å². The second-order valence-corrected chi connectivity index (χ2v) is 7.50. The summed E-state index contributed by atoms with van der Waals surface area (Å²) in [6.07, 6.45) is 2.44. The quantitative estimate of drug-likeness (QED) is 0.852. The molecule has 2 fully saturated rings. The molecule has 1 aromatic rings. The highest BCUT2D eigenvalue weighted by molar-refractivity contribution is 8.00. The average Bonchev–Trinajstić information content (AvgIpc) is 3.22. The lowest BCUT2D eigenvalue weighted by Crippen LogP contribution is -2.42. The fourth-order valence-corrected chi connectivity index (χ4v) is 4.18. The van der Waals surface area contributed by atoms with Crippen LogP contribution < -0.4 is 5.32 Å². The second-order valence-electron chi connectivity index (χ2n) is 6.54. The van der Waals surface area contributed by atoms with Crippen molar-refractivity contribution in [2.24, 2.45) is 0 Å². The van der Waals surface area contributed by atoms with Gasteiger partial charge in [-0.3, -0.25) is 14.5 Å². The molecule has 0 unspecified atom stereocenters. The van der Waals surface area contributed by atoms with Gasteiger partial charge in [0.2, 0.25) is 11.8 Å². The van der Waals surface area contributed by atoms with Crippen molar-refractivity contribution in [1.29, 1.82) is 0 Å². The van der Waals surface area contributed by atoms with Gasteiger partial charge >= 0.3 is 0 Å². The molecule has 1 aromatic carbocycles. The Morgan fingerprint density at radius 1 is 1.25 bits per heavy atom. The highest BCUT2D eigenvalue weighted by atomic mass is 32.2. The van der Waals surface area contributed by atoms with Crippen LogP contribution in [0.15, 0.2) is 24.3 Å². The van der Waals surface area contributed by atoms with Crippen LogP contribution in [-0.2, 0) is 9.59 Å². The van der Waals surface area contributed by atoms with Gasteiger partial charge in [-0.1, -0.05) is 29.8 Å². The molecule has 3 rings (SSSR count). The van der Waals surface area contributed by atoms with E-state index in [1.54, 1.807) is 16.7 Å². The van der Waals surface area contributed by atoms with Crippen LogP contribution in [0.25, 0.3) is 0 Å². The van der Waals surface area contributed by atoms with Gasteiger partial charge in [0.15, 0.2) is 0 Å². The summed E-state index contributed by atoms with van der Waals surface area (Å²) in [5, 5.41) is 3.04. The van der Waals surface area contributed by atoms with Crippen molar-refractivity contribution in [2.75, 3.05) is 37.8 Å². The van der Waals surface area contributed by atoms with Crippen molar-refractivity contribution >= 4 is 23.6 Å². The number of nitrogens with zero attached hydrogens (tertiary/aromatic N) is 2. The summed E-state index contributed by atoms with van der Waals surface area (Å²) >= 11 is 1.56. The molecule has 0 aromatic heterocycles. The standard InChI is InChI=1S/C18H25N3O2S/c1-14-4-6-15(7-5-14)16(20-8-2-3-9-20)10-19-17(22)11-21-13-24-12-18(21)23/h4-7,16H,2-3,8-13H2,1H3,(H,19,22)/t16-/m1/s1. The minimum absolute atomic E-state index is 0.0600. The lowest BCUT2D eigenvalue weighted by Gasteiger charge is -2.28. The Bertz CT molecular complexity index is 584. The van der Waals surface area contributed by atoms with Gasteiger partial charge in [0.05, 0.1) is 17.7 Å². The van der Waals surface area contributed by atoms with Gasteiger partial charge in [0.1, 0.15) is 6.54 Å². The number of aryl methyl sites for hydroxylation is 1. The minimum Gasteiger partial charge on any atom is -0.353 e. The lowest BCUT2D eigenvalue weighted by atomic mass is 10.0. The van der Waals surface area contributed by atoms with Crippen LogP contribution in [0, 0.1) is 6.92 Å². The monoisotopic (exact) mass is 347 g/mol. The molecule has 0 radical (unpaired) electrons. The fraction of sp³-hybridized carbons (Fsp3) is 0.556. The molecule has 0 saturated carbocycles. The Balaban J connectivity index is 1.60. The first-order chi connectivity index (χ1) is 11.6. The number of nitrogens with one attached hydrogen (secondary N) is 1. The molecule has 2 aliphatic rings. The summed E-state index contributed by atoms with van der Waals surface area (Å²) in [6, 6.07) is 8.78. The Morgan fingerprint density at radius 3 is 2.58 bits per heavy atom. The first-order valence-corrected chi connectivity index (χ1v) is 9.72. The lowest BCUT2D eigenvalue weighted by molar-refractivity contribution is -0.132. The van der Waals surface area contributed by atoms with Gasteiger partial charge in [0.25, 0.3) is 0 Å². The van der Waals surface area contributed by atoms with Crippen LogP contribution in [0.1, 0.15) is 30.0 Å². The third-order valence-electron chi connectivity index (χ3n) is 4.70. The predicted molar refractivity (Wildman–Crippen MR) is 96.8 cm³/mol. The van der Waals surface area contributed by atoms with Gasteiger partial charge in [-0.05, 0) is 38.4 Å². The number of carbonyl (C=O) groups is 2. The molecule has 130 valence electrons. The van der Waals surface area contributed by atoms with Crippen molar-refractivity contribution in [3.63, 3.8) is 0 Å². The van der Waals surface area contributed by atoms with Crippen molar-refractivity contribution in [2.45, 2.75) is 25.8 Å². The SMILES string of the molecule is Cc1ccc([C@@H](CNC(=O)CN2CSCC2=O)N2CCCC2)cc1. The highest BCUT2D eigenvalue weighted by Gasteiger charge is 2.26. The number of rotatable bonds is 6. The van der Waals surface area contributed by atoms with E-state index in [-0.39, 0.29) is 24.4 Å². The van der Waals surface area contributed by atoms with E-state index < -0.39 is 0 Å². The van der Waals surface area contributed by atoms with Crippen LogP contribution in [-0.4, -0.2) is 59.4 Å². The largest absolute Gasteiger partial charge is 0.353 e. The highest BCUT2D eigenvalue weighted by Crippen LogP contribution is 2.25. The Hall–Kier alpha value is -1.53. The van der Waals surface area contributed by atoms with Gasteiger partial charge in [-0.2, -0.15) is 0 Å². The molecule has 2 saturated heterocycles. The molecular weight excluding hydrogens is 322 g/mol. The zero-order valence-corrected chi connectivity index (χ0v) is 15.0. The molecule has 2 amide bonds. The van der Waals surface area contributed by atoms with Crippen LogP contribution in [0.4, 0.5) is 0 Å². The molecule has 2 aliphatic heterocycles. The molecule has 1 N–H and O–H groups in total. The topological polar surface area (TPSA) is 52.7 Å². The van der Waals surface area contributed by atoms with Crippen molar-refractivity contribution in [3.8, 4) is 0 Å². The summed E-state index contributed by atoms with van der Waals surface area (Å²) in [6.45, 7) is 5.01. The molecule has 6 heteroatoms. The molecule has 0 aliphatic carbocycles. The number of thioether (sulfide) groups is 1. The van der Waals surface area contributed by atoms with E-state index in [4.69, 9.17) is 0 Å². The van der Waals surface area contributed by atoms with Crippen LogP contribution in [0.5, 0.6) is 0 Å². The Morgan fingerprint density at radius 2 is 1.96 bits per heavy atom. The molecule has 0 bridgehead atoms. The van der Waals surface area contributed by atoms with Crippen LogP contribution in [0.3, 0.4) is 0 Å². The second kappa shape index (κ2) is 8.03. The Labute approximate surface area is 147 Å². The smallest absolute Gasteiger partial charge is 0.239 e. The normalized spacial score (nSPS) is 19.7. The Kier molecular flexibility index (Phi) is 5.79. The zero-order valence-electron chi connectivity index (χ0n) is 14.2. The number of hydrogen-bond donors (Lipinski definition) is 1. The summed E-state index contributed by atoms with van der Waals surface area (Å²) in [7, 11) is 0. The van der Waals surface area contributed by atoms with E-state index >= 15 is 0 Å². The maximum absolute atomic E-state index is 12.2. The van der Waals surface area contributed by atoms with E-state index in [9.17, 15) is 9.59 Å². The summed E-state index contributed by atoms with van der Waals surface area (Å²) in [4.78, 5) is 27.9. The van der Waals surface area contributed by atoms with Gasteiger partial charge in [-0.15, -0.1) is 11.8 Å². The molecular formula is C18H25N3O2S. The third kappa shape index (κ3) is 4.30. The fourth-order valence-electron chi connectivity index (χ4n) is 3.28. The van der Waals surface area contributed by atoms with Crippen LogP contribution >= 0.6 is 11.8 Å². The van der Waals surface area contributed by atoms with E-state index in [1.807, 2.05) is 0 Å². The molecule has 2 heterocycles. The van der Waals surface area contributed by atoms with E-state index in [0.29, 0.717) is 18.2 Å². The first-order valence-electron chi connectivity index (χ1n) is 8.56. The number of hydrogen-bond acceptors (Lipinski definition) is 4. The first kappa shape index (κ1) is 17.3. The van der Waals surface area contributed by atoms with E-state index in [2.05, 4.69) is 41.4 Å². The summed E-state index contributed by atoms with van der Waals surface area (Å²) in [5.74, 6) is 1.11. The van der Waals surface area contributed by atoms with E-state index in [1.165, 1.54) is 24.0 Å². The van der Waals surface area contributed by atoms with Crippen molar-refractivity contribution in [3.05, 3.63) is 35.4 Å². The number of carbonyl (C=O) groups excluding carboxylic acids is 2. The summed E-state index contributed by atoms with van der Waals surface area (Å²) < 4.78 is 0. The minimum atomic E-state index is -0.0674. The van der Waals surface area contributed by atoms with Gasteiger partial charge in [-0.25, -0.2) is 0 Å². The summed E-state index contributed by atoms with van der Waals surface area (Å²) in [5.41, 5.74) is 2.49. The molecule has 0 spiro atoms. The predicted octanol–water partition coefficient (Wildman–Crippen LogP) is 1.78. The maximum Gasteiger partial charge on any atom is 0.239 e. The molecule has 5 nitrogen and oxygen atoms in total. The zero-order chi connectivity index (χ0) is 16.9. The average molecular weight is 347 g/mol. The maximum atomic E-state index is 12.2. The van der Waals surface area contributed by atoms with E-state index in [0.717, 1.165) is 13.1 Å². The third-order valence-corrected chi connectivity index (χ3v) is 5.64. The molecule has 1 atom stereocenters. The van der Waals surface area contributed by atoms with Gasteiger partial charge in [0, 0.05) is 6.54 Å². The number of likely N-dealkylation sites (tertiary alicyclic amines) is 1.